The van der Waals surface area contributed by atoms with Crippen molar-refractivity contribution in [2.75, 3.05) is 0 Å². The van der Waals surface area contributed by atoms with E-state index in [4.69, 9.17) is 4.74 Å². The summed E-state index contributed by atoms with van der Waals surface area (Å²) in [5, 5.41) is 10.6. The summed E-state index contributed by atoms with van der Waals surface area (Å²) >= 11 is 0. The SMILES string of the molecule is CCCCC(F)(F)c1cc(O)c2c(c1)OC(C)(C)C1CC=C(C)CC21. The molecule has 1 heterocycles. The number of rotatable bonds is 4. The fraction of sp³-hybridized carbons (Fsp3) is 0.619. The number of fused-ring (bicyclic) bond motifs is 3. The van der Waals surface area contributed by atoms with Crippen molar-refractivity contribution in [3.63, 3.8) is 0 Å². The molecule has 0 amide bonds. The van der Waals surface area contributed by atoms with Gasteiger partial charge in [-0.15, -0.1) is 0 Å². The van der Waals surface area contributed by atoms with E-state index in [1.165, 1.54) is 17.7 Å². The van der Waals surface area contributed by atoms with Gasteiger partial charge in [0.15, 0.2) is 0 Å². The Bertz CT molecular complexity index is 691. The van der Waals surface area contributed by atoms with Crippen LogP contribution in [0.25, 0.3) is 0 Å². The lowest BCUT2D eigenvalue weighted by molar-refractivity contribution is -0.0185. The molecular formula is C21H28F2O2. The van der Waals surface area contributed by atoms with Crippen molar-refractivity contribution in [2.24, 2.45) is 5.92 Å². The Labute approximate surface area is 148 Å². The molecule has 4 heteroatoms. The molecule has 2 nitrogen and oxygen atoms in total. The molecule has 0 saturated carbocycles. The number of phenolic OH excluding ortho intramolecular Hbond substituents is 1. The zero-order chi connectivity index (χ0) is 18.4. The first-order chi connectivity index (χ1) is 11.7. The van der Waals surface area contributed by atoms with Crippen LogP contribution in [0.15, 0.2) is 23.8 Å². The molecule has 0 spiro atoms. The zero-order valence-electron chi connectivity index (χ0n) is 15.5. The van der Waals surface area contributed by atoms with Crippen LogP contribution in [0.1, 0.15) is 76.8 Å². The number of unbranched alkanes of at least 4 members (excludes halogenated alkanes) is 1. The van der Waals surface area contributed by atoms with Gasteiger partial charge in [0.05, 0.1) is 0 Å². The van der Waals surface area contributed by atoms with Crippen LogP contribution < -0.4 is 4.74 Å². The fourth-order valence-corrected chi connectivity index (χ4v) is 4.32. The summed E-state index contributed by atoms with van der Waals surface area (Å²) in [7, 11) is 0. The highest BCUT2D eigenvalue weighted by molar-refractivity contribution is 5.53. The van der Waals surface area contributed by atoms with Crippen LogP contribution in [0.2, 0.25) is 0 Å². The second-order valence-electron chi connectivity index (χ2n) is 8.12. The van der Waals surface area contributed by atoms with Crippen LogP contribution in [0.3, 0.4) is 0 Å². The molecule has 0 fully saturated rings. The molecule has 1 aromatic carbocycles. The van der Waals surface area contributed by atoms with E-state index in [1.807, 2.05) is 20.8 Å². The largest absolute Gasteiger partial charge is 0.508 e. The lowest BCUT2D eigenvalue weighted by Gasteiger charge is -2.47. The van der Waals surface area contributed by atoms with E-state index in [1.54, 1.807) is 0 Å². The van der Waals surface area contributed by atoms with Gasteiger partial charge in [-0.05, 0) is 52.2 Å². The highest BCUT2D eigenvalue weighted by Gasteiger charge is 2.46. The van der Waals surface area contributed by atoms with Gasteiger partial charge in [0.1, 0.15) is 17.1 Å². The zero-order valence-corrected chi connectivity index (χ0v) is 15.5. The maximum atomic E-state index is 14.5. The normalized spacial score (nSPS) is 24.8. The van der Waals surface area contributed by atoms with Gasteiger partial charge in [0.25, 0.3) is 5.92 Å². The van der Waals surface area contributed by atoms with Gasteiger partial charge in [-0.3, -0.25) is 0 Å². The minimum atomic E-state index is -2.95. The summed E-state index contributed by atoms with van der Waals surface area (Å²) < 4.78 is 35.1. The molecule has 0 bridgehead atoms. The van der Waals surface area contributed by atoms with Crippen molar-refractivity contribution >= 4 is 0 Å². The summed E-state index contributed by atoms with van der Waals surface area (Å²) in [5.41, 5.74) is 1.39. The first-order valence-corrected chi connectivity index (χ1v) is 9.25. The van der Waals surface area contributed by atoms with E-state index in [0.29, 0.717) is 24.2 Å². The Morgan fingerprint density at radius 3 is 2.72 bits per heavy atom. The molecule has 0 radical (unpaired) electrons. The maximum absolute atomic E-state index is 14.5. The number of aromatic hydroxyl groups is 1. The number of halogens is 2. The molecular weight excluding hydrogens is 322 g/mol. The minimum absolute atomic E-state index is 0.0520. The molecule has 0 saturated heterocycles. The number of hydrogen-bond acceptors (Lipinski definition) is 2. The second-order valence-corrected chi connectivity index (χ2v) is 8.12. The Morgan fingerprint density at radius 1 is 1.32 bits per heavy atom. The van der Waals surface area contributed by atoms with Crippen LogP contribution >= 0.6 is 0 Å². The number of ether oxygens (including phenoxy) is 1. The van der Waals surface area contributed by atoms with Crippen molar-refractivity contribution < 1.29 is 18.6 Å². The topological polar surface area (TPSA) is 29.5 Å². The Morgan fingerprint density at radius 2 is 2.04 bits per heavy atom. The number of hydrogen-bond donors (Lipinski definition) is 1. The van der Waals surface area contributed by atoms with Crippen molar-refractivity contribution in [2.45, 2.75) is 77.2 Å². The quantitative estimate of drug-likeness (QED) is 0.647. The Kier molecular flexibility index (Phi) is 4.59. The van der Waals surface area contributed by atoms with Gasteiger partial charge in [-0.2, -0.15) is 0 Å². The average Bonchev–Trinajstić information content (AvgIpc) is 2.51. The number of alkyl halides is 2. The smallest absolute Gasteiger partial charge is 0.273 e. The third kappa shape index (κ3) is 3.28. The average molecular weight is 350 g/mol. The predicted octanol–water partition coefficient (Wildman–Crippen LogP) is 6.29. The van der Waals surface area contributed by atoms with E-state index in [-0.39, 0.29) is 29.6 Å². The van der Waals surface area contributed by atoms with Gasteiger partial charge in [-0.25, -0.2) is 8.78 Å². The summed E-state index contributed by atoms with van der Waals surface area (Å²) in [6.07, 6.45) is 4.90. The van der Waals surface area contributed by atoms with Crippen LogP contribution in [0, 0.1) is 5.92 Å². The fourth-order valence-electron chi connectivity index (χ4n) is 4.32. The summed E-state index contributed by atoms with van der Waals surface area (Å²) in [6.45, 7) is 8.01. The molecule has 138 valence electrons. The third-order valence-corrected chi connectivity index (χ3v) is 5.77. The molecule has 1 N–H and O–H groups in total. The lowest BCUT2D eigenvalue weighted by Crippen LogP contribution is -2.45. The molecule has 1 aliphatic heterocycles. The monoisotopic (exact) mass is 350 g/mol. The second kappa shape index (κ2) is 6.30. The van der Waals surface area contributed by atoms with E-state index in [9.17, 15) is 13.9 Å². The van der Waals surface area contributed by atoms with Gasteiger partial charge >= 0.3 is 0 Å². The Hall–Kier alpha value is -1.58. The molecule has 2 aliphatic rings. The molecule has 1 aliphatic carbocycles. The summed E-state index contributed by atoms with van der Waals surface area (Å²) in [4.78, 5) is 0. The van der Waals surface area contributed by atoms with Gasteiger partial charge < -0.3 is 9.84 Å². The van der Waals surface area contributed by atoms with E-state index >= 15 is 0 Å². The number of allylic oxidation sites excluding steroid dienone is 2. The van der Waals surface area contributed by atoms with Crippen LogP contribution in [-0.4, -0.2) is 10.7 Å². The van der Waals surface area contributed by atoms with Crippen molar-refractivity contribution in [1.82, 2.24) is 0 Å². The van der Waals surface area contributed by atoms with E-state index < -0.39 is 11.5 Å². The molecule has 25 heavy (non-hydrogen) atoms. The molecule has 0 aromatic heterocycles. The standard InChI is InChI=1S/C21H28F2O2/c1-5-6-9-21(22,23)14-11-17(24)19-15-10-13(2)7-8-16(15)20(3,4)25-18(19)12-14/h7,11-12,15-16,24H,5-6,8-10H2,1-4H3. The maximum Gasteiger partial charge on any atom is 0.273 e. The highest BCUT2D eigenvalue weighted by Crippen LogP contribution is 2.55. The number of benzene rings is 1. The summed E-state index contributed by atoms with van der Waals surface area (Å²) in [6, 6.07) is 2.71. The molecule has 2 atom stereocenters. The molecule has 1 aromatic rings. The van der Waals surface area contributed by atoms with Crippen molar-refractivity contribution in [3.8, 4) is 11.5 Å². The highest BCUT2D eigenvalue weighted by atomic mass is 19.3. The number of phenols is 1. The van der Waals surface area contributed by atoms with Crippen LogP contribution in [0.4, 0.5) is 8.78 Å². The van der Waals surface area contributed by atoms with Gasteiger partial charge in [-0.1, -0.05) is 25.0 Å². The molecule has 3 rings (SSSR count). The first kappa shape index (κ1) is 18.2. The van der Waals surface area contributed by atoms with Crippen LogP contribution in [0.5, 0.6) is 11.5 Å². The van der Waals surface area contributed by atoms with Crippen molar-refractivity contribution in [1.29, 1.82) is 0 Å². The Balaban J connectivity index is 2.05. The van der Waals surface area contributed by atoms with Gasteiger partial charge in [0.2, 0.25) is 0 Å². The molecule has 2 unspecified atom stereocenters. The van der Waals surface area contributed by atoms with Crippen molar-refractivity contribution in [3.05, 3.63) is 34.9 Å². The summed E-state index contributed by atoms with van der Waals surface area (Å²) in [5.74, 6) is -2.23. The van der Waals surface area contributed by atoms with E-state index in [2.05, 4.69) is 13.0 Å². The third-order valence-electron chi connectivity index (χ3n) is 5.77. The van der Waals surface area contributed by atoms with Crippen LogP contribution in [-0.2, 0) is 5.92 Å². The van der Waals surface area contributed by atoms with E-state index in [0.717, 1.165) is 12.8 Å². The minimum Gasteiger partial charge on any atom is -0.508 e. The lowest BCUT2D eigenvalue weighted by atomic mass is 9.67. The predicted molar refractivity (Wildman–Crippen MR) is 95.5 cm³/mol. The van der Waals surface area contributed by atoms with Gasteiger partial charge in [0, 0.05) is 29.4 Å². The first-order valence-electron chi connectivity index (χ1n) is 9.25.